The van der Waals surface area contributed by atoms with Crippen LogP contribution in [0.15, 0.2) is 41.3 Å². The maximum Gasteiger partial charge on any atom is 0.278 e. The molecule has 0 amide bonds. The second-order valence-corrected chi connectivity index (χ2v) is 10.5. The van der Waals surface area contributed by atoms with Crippen molar-refractivity contribution in [3.63, 3.8) is 0 Å². The topological polar surface area (TPSA) is 76.8 Å². The molecule has 1 aliphatic rings. The molecule has 0 spiro atoms. The van der Waals surface area contributed by atoms with E-state index < -0.39 is 17.0 Å². The van der Waals surface area contributed by atoms with Crippen molar-refractivity contribution in [2.75, 3.05) is 11.9 Å². The number of rotatable bonds is 4. The molecule has 3 heterocycles. The lowest BCUT2D eigenvalue weighted by atomic mass is 9.86. The highest BCUT2D eigenvalue weighted by atomic mass is 19.1. The number of nitrogens with zero attached hydrogens (tertiary/aromatic N) is 4. The summed E-state index contributed by atoms with van der Waals surface area (Å²) >= 11 is 0. The van der Waals surface area contributed by atoms with Crippen LogP contribution in [-0.2, 0) is 18.4 Å². The van der Waals surface area contributed by atoms with Crippen LogP contribution >= 0.6 is 0 Å². The van der Waals surface area contributed by atoms with Crippen molar-refractivity contribution in [2.45, 2.75) is 59.0 Å². The molecule has 188 valence electrons. The monoisotopic (exact) mass is 492 g/mol. The van der Waals surface area contributed by atoms with E-state index in [0.717, 1.165) is 25.2 Å². The Morgan fingerprint density at radius 1 is 1.11 bits per heavy atom. The second-order valence-electron chi connectivity index (χ2n) is 10.5. The van der Waals surface area contributed by atoms with Gasteiger partial charge in [-0.05, 0) is 67.6 Å². The highest BCUT2D eigenvalue weighted by molar-refractivity contribution is 5.77. The first-order chi connectivity index (χ1) is 17.1. The molecule has 0 aliphatic carbocycles. The summed E-state index contributed by atoms with van der Waals surface area (Å²) in [4.78, 5) is 22.3. The van der Waals surface area contributed by atoms with E-state index in [0.29, 0.717) is 0 Å². The molecule has 2 aromatic carbocycles. The first-order valence-electron chi connectivity index (χ1n) is 12.1. The summed E-state index contributed by atoms with van der Waals surface area (Å²) in [6.45, 7) is 10.7. The Bertz CT molecular complexity index is 1530. The quantitative estimate of drug-likeness (QED) is 0.413. The van der Waals surface area contributed by atoms with Crippen LogP contribution in [0.3, 0.4) is 0 Å². The van der Waals surface area contributed by atoms with Gasteiger partial charge in [0.05, 0.1) is 0 Å². The number of aromatic nitrogens is 4. The molecule has 5 rings (SSSR count). The molecular formula is C27H30F2N6O. The van der Waals surface area contributed by atoms with E-state index in [1.807, 2.05) is 19.9 Å². The summed E-state index contributed by atoms with van der Waals surface area (Å²) in [6.07, 6.45) is 2.39. The van der Waals surface area contributed by atoms with E-state index in [-0.39, 0.29) is 39.8 Å². The third-order valence-corrected chi connectivity index (χ3v) is 6.51. The normalized spacial score (nSPS) is 13.9. The zero-order chi connectivity index (χ0) is 25.8. The summed E-state index contributed by atoms with van der Waals surface area (Å²) in [5, 5.41) is 6.83. The molecule has 2 N–H and O–H groups in total. The molecule has 0 atom stereocenters. The van der Waals surface area contributed by atoms with Crippen molar-refractivity contribution >= 4 is 22.7 Å². The number of fused-ring (bicyclic) bond motifs is 2. The van der Waals surface area contributed by atoms with Gasteiger partial charge in [-0.1, -0.05) is 26.8 Å². The maximum atomic E-state index is 15.9. The van der Waals surface area contributed by atoms with Gasteiger partial charge in [-0.15, -0.1) is 0 Å². The average molecular weight is 493 g/mol. The number of hydrogen-bond donors (Lipinski definition) is 2. The molecule has 0 fully saturated rings. The maximum absolute atomic E-state index is 15.9. The van der Waals surface area contributed by atoms with Gasteiger partial charge in [-0.3, -0.25) is 4.79 Å². The Balaban J connectivity index is 1.68. The van der Waals surface area contributed by atoms with Crippen LogP contribution in [0.25, 0.3) is 16.7 Å². The van der Waals surface area contributed by atoms with Gasteiger partial charge in [0.15, 0.2) is 11.5 Å². The van der Waals surface area contributed by atoms with Gasteiger partial charge < -0.3 is 10.6 Å². The van der Waals surface area contributed by atoms with Gasteiger partial charge in [-0.25, -0.2) is 23.1 Å². The smallest absolute Gasteiger partial charge is 0.278 e. The fourth-order valence-electron chi connectivity index (χ4n) is 4.83. The van der Waals surface area contributed by atoms with Crippen molar-refractivity contribution in [2.24, 2.45) is 0 Å². The molecule has 0 bridgehead atoms. The molecule has 0 unspecified atom stereocenters. The van der Waals surface area contributed by atoms with Crippen molar-refractivity contribution in [1.29, 1.82) is 0 Å². The standard InChI is InChI=1S/C27H30F2N6O/c1-15(2)34-25(36)19-14-31-26(32-18-7-6-17-13-30-11-10-16(17)12-18)33-24(19)35(34)21-9-8-20(28)22(23(21)29)27(3,4)5/h6-9,12,14-15,30H,10-11,13H2,1-5H3,(H,31,32,33). The summed E-state index contributed by atoms with van der Waals surface area (Å²) in [6, 6.07) is 8.38. The minimum atomic E-state index is -0.778. The van der Waals surface area contributed by atoms with Crippen LogP contribution in [0, 0.1) is 11.6 Å². The number of halogens is 2. The molecule has 36 heavy (non-hydrogen) atoms. The minimum absolute atomic E-state index is 0.0411. The summed E-state index contributed by atoms with van der Waals surface area (Å²) in [5.41, 5.74) is 2.49. The molecule has 2 aromatic heterocycles. The molecule has 9 heteroatoms. The molecule has 4 aromatic rings. The Kier molecular flexibility index (Phi) is 5.90. The predicted molar refractivity (Wildman–Crippen MR) is 137 cm³/mol. The fourth-order valence-corrected chi connectivity index (χ4v) is 4.83. The third kappa shape index (κ3) is 4.07. The molecule has 0 saturated carbocycles. The molecule has 0 saturated heterocycles. The van der Waals surface area contributed by atoms with E-state index in [4.69, 9.17) is 0 Å². The van der Waals surface area contributed by atoms with Crippen LogP contribution in [0.5, 0.6) is 0 Å². The van der Waals surface area contributed by atoms with Crippen molar-refractivity contribution in [3.05, 3.63) is 75.2 Å². The lowest BCUT2D eigenvalue weighted by Gasteiger charge is -2.23. The van der Waals surface area contributed by atoms with Gasteiger partial charge in [-0.2, -0.15) is 4.98 Å². The number of nitrogens with one attached hydrogen (secondary N) is 2. The highest BCUT2D eigenvalue weighted by Gasteiger charge is 2.28. The number of benzene rings is 2. The lowest BCUT2D eigenvalue weighted by molar-refractivity contribution is 0.446. The predicted octanol–water partition coefficient (Wildman–Crippen LogP) is 5.13. The van der Waals surface area contributed by atoms with E-state index in [9.17, 15) is 9.18 Å². The van der Waals surface area contributed by atoms with Crippen LogP contribution < -0.4 is 16.2 Å². The van der Waals surface area contributed by atoms with Crippen LogP contribution in [-0.4, -0.2) is 25.9 Å². The van der Waals surface area contributed by atoms with Gasteiger partial charge in [0.1, 0.15) is 16.9 Å². The van der Waals surface area contributed by atoms with E-state index >= 15 is 4.39 Å². The van der Waals surface area contributed by atoms with E-state index in [1.165, 1.54) is 38.8 Å². The molecule has 7 nitrogen and oxygen atoms in total. The van der Waals surface area contributed by atoms with Gasteiger partial charge in [0, 0.05) is 30.0 Å². The third-order valence-electron chi connectivity index (χ3n) is 6.51. The summed E-state index contributed by atoms with van der Waals surface area (Å²) in [5.74, 6) is -1.06. The Morgan fingerprint density at radius 3 is 2.61 bits per heavy atom. The van der Waals surface area contributed by atoms with Crippen LogP contribution in [0.4, 0.5) is 20.4 Å². The van der Waals surface area contributed by atoms with Crippen molar-refractivity contribution < 1.29 is 8.78 Å². The van der Waals surface area contributed by atoms with Crippen molar-refractivity contribution in [1.82, 2.24) is 24.6 Å². The highest BCUT2D eigenvalue weighted by Crippen LogP contribution is 2.32. The average Bonchev–Trinajstić information content (AvgIpc) is 3.10. The van der Waals surface area contributed by atoms with E-state index in [2.05, 4.69) is 32.7 Å². The van der Waals surface area contributed by atoms with Gasteiger partial charge >= 0.3 is 0 Å². The lowest BCUT2D eigenvalue weighted by Crippen LogP contribution is -2.26. The van der Waals surface area contributed by atoms with Crippen LogP contribution in [0.2, 0.25) is 0 Å². The minimum Gasteiger partial charge on any atom is -0.324 e. The SMILES string of the molecule is CC(C)n1c(=O)c2cnc(Nc3ccc4c(c3)CCNC4)nc2n1-c1ccc(F)c(C(C)(C)C)c1F. The van der Waals surface area contributed by atoms with Crippen LogP contribution in [0.1, 0.15) is 57.4 Å². The first-order valence-corrected chi connectivity index (χ1v) is 12.1. The zero-order valence-electron chi connectivity index (χ0n) is 21.1. The Labute approximate surface area is 208 Å². The first kappa shape index (κ1) is 24.1. The fraction of sp³-hybridized carbons (Fsp3) is 0.370. The number of anilines is 2. The van der Waals surface area contributed by atoms with Gasteiger partial charge in [0.2, 0.25) is 5.95 Å². The largest absolute Gasteiger partial charge is 0.324 e. The second kappa shape index (κ2) is 8.81. The molecule has 0 radical (unpaired) electrons. The van der Waals surface area contributed by atoms with E-state index in [1.54, 1.807) is 20.8 Å². The molecule has 1 aliphatic heterocycles. The summed E-state index contributed by atoms with van der Waals surface area (Å²) < 4.78 is 33.4. The van der Waals surface area contributed by atoms with Gasteiger partial charge in [0.25, 0.3) is 5.56 Å². The zero-order valence-corrected chi connectivity index (χ0v) is 21.1. The Morgan fingerprint density at radius 2 is 1.89 bits per heavy atom. The Hall–Kier alpha value is -3.59. The number of hydrogen-bond acceptors (Lipinski definition) is 5. The van der Waals surface area contributed by atoms with Crippen molar-refractivity contribution in [3.8, 4) is 5.69 Å². The summed E-state index contributed by atoms with van der Waals surface area (Å²) in [7, 11) is 0. The molecular weight excluding hydrogens is 462 g/mol.